The molecule has 0 aliphatic heterocycles. The Hall–Kier alpha value is -2.31. The van der Waals surface area contributed by atoms with E-state index in [0.29, 0.717) is 18.9 Å². The number of hydrogen-bond donors (Lipinski definition) is 1. The number of nitrogen functional groups attached to an aromatic ring is 1. The number of rotatable bonds is 6. The molecule has 0 aliphatic rings. The molecule has 0 amide bonds. The molecule has 0 aromatic carbocycles. The standard InChI is InChI=1S/C13H20N6O/c1-3-17(4-2)11-9-13(20)19(15-10-11)8-7-18-6-5-12(14)16-18/h5-6,9-10H,3-4,7-8H2,1-2H3,(H2,14,16). The van der Waals surface area contributed by atoms with Crippen molar-refractivity contribution in [2.24, 2.45) is 0 Å². The molecule has 108 valence electrons. The molecule has 7 heteroatoms. The van der Waals surface area contributed by atoms with Crippen LogP contribution in [-0.2, 0) is 13.1 Å². The molecule has 0 saturated heterocycles. The molecule has 2 heterocycles. The van der Waals surface area contributed by atoms with Crippen LogP contribution in [0.5, 0.6) is 0 Å². The summed E-state index contributed by atoms with van der Waals surface area (Å²) in [6.45, 7) is 6.85. The van der Waals surface area contributed by atoms with Crippen LogP contribution in [0.25, 0.3) is 0 Å². The van der Waals surface area contributed by atoms with Crippen LogP contribution in [0.2, 0.25) is 0 Å². The van der Waals surface area contributed by atoms with Gasteiger partial charge in [0.25, 0.3) is 5.56 Å². The molecular formula is C13H20N6O. The predicted molar refractivity (Wildman–Crippen MR) is 78.7 cm³/mol. The number of nitrogens with zero attached hydrogens (tertiary/aromatic N) is 5. The fourth-order valence-corrected chi connectivity index (χ4v) is 2.05. The topological polar surface area (TPSA) is 82.0 Å². The smallest absolute Gasteiger partial charge is 0.268 e. The van der Waals surface area contributed by atoms with Crippen molar-refractivity contribution in [3.63, 3.8) is 0 Å². The summed E-state index contributed by atoms with van der Waals surface area (Å²) < 4.78 is 3.13. The second-order valence-corrected chi connectivity index (χ2v) is 4.45. The molecule has 0 saturated carbocycles. The van der Waals surface area contributed by atoms with Crippen LogP contribution in [0.1, 0.15) is 13.8 Å². The zero-order valence-corrected chi connectivity index (χ0v) is 11.9. The van der Waals surface area contributed by atoms with Gasteiger partial charge in [-0.25, -0.2) is 4.68 Å². The van der Waals surface area contributed by atoms with Gasteiger partial charge in [0.2, 0.25) is 0 Å². The zero-order chi connectivity index (χ0) is 14.5. The number of anilines is 2. The van der Waals surface area contributed by atoms with Crippen LogP contribution in [-0.4, -0.2) is 32.7 Å². The molecule has 7 nitrogen and oxygen atoms in total. The normalized spacial score (nSPS) is 10.7. The first-order chi connectivity index (χ1) is 9.63. The van der Waals surface area contributed by atoms with E-state index in [-0.39, 0.29) is 5.56 Å². The van der Waals surface area contributed by atoms with Crippen molar-refractivity contribution in [1.82, 2.24) is 19.6 Å². The summed E-state index contributed by atoms with van der Waals surface area (Å²) in [4.78, 5) is 14.1. The molecule has 2 aromatic heterocycles. The molecule has 2 N–H and O–H groups in total. The van der Waals surface area contributed by atoms with Crippen LogP contribution in [0, 0.1) is 0 Å². The molecular weight excluding hydrogens is 256 g/mol. The molecule has 0 atom stereocenters. The minimum Gasteiger partial charge on any atom is -0.382 e. The number of nitrogens with two attached hydrogens (primary N) is 1. The SMILES string of the molecule is CCN(CC)c1cnn(CCn2ccc(N)n2)c(=O)c1. The van der Waals surface area contributed by atoms with E-state index in [4.69, 9.17) is 5.73 Å². The summed E-state index contributed by atoms with van der Waals surface area (Å²) >= 11 is 0. The van der Waals surface area contributed by atoms with Gasteiger partial charge in [-0.1, -0.05) is 0 Å². The Kier molecular flexibility index (Phi) is 4.39. The van der Waals surface area contributed by atoms with E-state index in [9.17, 15) is 4.79 Å². The van der Waals surface area contributed by atoms with E-state index in [1.165, 1.54) is 4.68 Å². The number of hydrogen-bond acceptors (Lipinski definition) is 5. The zero-order valence-electron chi connectivity index (χ0n) is 11.9. The lowest BCUT2D eigenvalue weighted by molar-refractivity contribution is 0.483. The van der Waals surface area contributed by atoms with E-state index < -0.39 is 0 Å². The van der Waals surface area contributed by atoms with Crippen LogP contribution in [0.4, 0.5) is 11.5 Å². The molecule has 0 fully saturated rings. The maximum absolute atomic E-state index is 12.0. The molecule has 0 aliphatic carbocycles. The highest BCUT2D eigenvalue weighted by molar-refractivity contribution is 5.42. The highest BCUT2D eigenvalue weighted by Crippen LogP contribution is 2.08. The Labute approximate surface area is 117 Å². The van der Waals surface area contributed by atoms with Crippen molar-refractivity contribution in [1.29, 1.82) is 0 Å². The van der Waals surface area contributed by atoms with Crippen molar-refractivity contribution >= 4 is 11.5 Å². The summed E-state index contributed by atoms with van der Waals surface area (Å²) in [5, 5.41) is 8.28. The van der Waals surface area contributed by atoms with E-state index in [0.717, 1.165) is 18.8 Å². The van der Waals surface area contributed by atoms with E-state index in [2.05, 4.69) is 28.9 Å². The maximum atomic E-state index is 12.0. The van der Waals surface area contributed by atoms with Gasteiger partial charge in [-0.15, -0.1) is 0 Å². The van der Waals surface area contributed by atoms with Gasteiger partial charge in [0.15, 0.2) is 0 Å². The lowest BCUT2D eigenvalue weighted by Gasteiger charge is -2.20. The Morgan fingerprint density at radius 3 is 2.60 bits per heavy atom. The van der Waals surface area contributed by atoms with E-state index in [1.54, 1.807) is 29.2 Å². The van der Waals surface area contributed by atoms with Crippen LogP contribution in [0.15, 0.2) is 29.3 Å². The van der Waals surface area contributed by atoms with Gasteiger partial charge in [0, 0.05) is 25.4 Å². The summed E-state index contributed by atoms with van der Waals surface area (Å²) in [6, 6.07) is 3.34. The second kappa shape index (κ2) is 6.23. The van der Waals surface area contributed by atoms with Gasteiger partial charge in [0.05, 0.1) is 25.0 Å². The molecule has 0 bridgehead atoms. The van der Waals surface area contributed by atoms with Crippen molar-refractivity contribution < 1.29 is 0 Å². The fraction of sp³-hybridized carbons (Fsp3) is 0.462. The Bertz CT molecular complexity index is 613. The second-order valence-electron chi connectivity index (χ2n) is 4.45. The number of aromatic nitrogens is 4. The first-order valence-electron chi connectivity index (χ1n) is 6.75. The molecule has 0 radical (unpaired) electrons. The van der Waals surface area contributed by atoms with Crippen molar-refractivity contribution in [3.05, 3.63) is 34.9 Å². The predicted octanol–water partition coefficient (Wildman–Crippen LogP) is 0.568. The van der Waals surface area contributed by atoms with Gasteiger partial charge in [-0.05, 0) is 19.9 Å². The summed E-state index contributed by atoms with van der Waals surface area (Å²) in [7, 11) is 0. The highest BCUT2D eigenvalue weighted by Gasteiger charge is 2.05. The third-order valence-corrected chi connectivity index (χ3v) is 3.19. The third-order valence-electron chi connectivity index (χ3n) is 3.19. The van der Waals surface area contributed by atoms with Gasteiger partial charge in [-0.3, -0.25) is 9.48 Å². The van der Waals surface area contributed by atoms with Crippen molar-refractivity contribution in [3.8, 4) is 0 Å². The van der Waals surface area contributed by atoms with Gasteiger partial charge in [0.1, 0.15) is 5.82 Å². The summed E-state index contributed by atoms with van der Waals surface area (Å²) in [6.07, 6.45) is 3.51. The summed E-state index contributed by atoms with van der Waals surface area (Å²) in [5.41, 5.74) is 6.30. The Morgan fingerprint density at radius 1 is 1.30 bits per heavy atom. The lowest BCUT2D eigenvalue weighted by Crippen LogP contribution is -2.28. The van der Waals surface area contributed by atoms with Crippen LogP contribution < -0.4 is 16.2 Å². The number of aryl methyl sites for hydroxylation is 2. The summed E-state index contributed by atoms with van der Waals surface area (Å²) in [5.74, 6) is 0.474. The first kappa shape index (κ1) is 14.1. The Morgan fingerprint density at radius 2 is 2.05 bits per heavy atom. The Balaban J connectivity index is 2.08. The first-order valence-corrected chi connectivity index (χ1v) is 6.75. The maximum Gasteiger partial charge on any atom is 0.268 e. The average molecular weight is 276 g/mol. The molecule has 0 spiro atoms. The highest BCUT2D eigenvalue weighted by atomic mass is 16.1. The fourth-order valence-electron chi connectivity index (χ4n) is 2.05. The largest absolute Gasteiger partial charge is 0.382 e. The molecule has 20 heavy (non-hydrogen) atoms. The molecule has 2 aromatic rings. The minimum absolute atomic E-state index is 0.102. The van der Waals surface area contributed by atoms with Crippen molar-refractivity contribution in [2.45, 2.75) is 26.9 Å². The third kappa shape index (κ3) is 3.17. The average Bonchev–Trinajstić information content (AvgIpc) is 2.85. The van der Waals surface area contributed by atoms with Crippen molar-refractivity contribution in [2.75, 3.05) is 23.7 Å². The molecule has 2 rings (SSSR count). The van der Waals surface area contributed by atoms with Gasteiger partial charge >= 0.3 is 0 Å². The molecule has 0 unspecified atom stereocenters. The van der Waals surface area contributed by atoms with Crippen LogP contribution in [0.3, 0.4) is 0 Å². The van der Waals surface area contributed by atoms with Gasteiger partial charge < -0.3 is 10.6 Å². The quantitative estimate of drug-likeness (QED) is 0.834. The monoisotopic (exact) mass is 276 g/mol. The van der Waals surface area contributed by atoms with E-state index in [1.807, 2.05) is 0 Å². The minimum atomic E-state index is -0.102. The van der Waals surface area contributed by atoms with Crippen LogP contribution >= 0.6 is 0 Å². The lowest BCUT2D eigenvalue weighted by atomic mass is 10.4. The van der Waals surface area contributed by atoms with E-state index >= 15 is 0 Å². The van der Waals surface area contributed by atoms with Gasteiger partial charge in [-0.2, -0.15) is 10.2 Å².